The summed E-state index contributed by atoms with van der Waals surface area (Å²) in [6, 6.07) is 9.68. The quantitative estimate of drug-likeness (QED) is 0.814. The summed E-state index contributed by atoms with van der Waals surface area (Å²) < 4.78 is 5.41. The molecule has 1 aromatic heterocycles. The number of carbonyl (C=O) groups is 1. The van der Waals surface area contributed by atoms with Gasteiger partial charge in [0.15, 0.2) is 5.69 Å². The molecule has 0 atom stereocenters. The molecule has 1 aliphatic rings. The van der Waals surface area contributed by atoms with Crippen molar-refractivity contribution in [2.45, 2.75) is 45.1 Å². The number of carbonyl (C=O) groups excluding carboxylic acids is 1. The van der Waals surface area contributed by atoms with Crippen LogP contribution in [0.15, 0.2) is 36.5 Å². The summed E-state index contributed by atoms with van der Waals surface area (Å²) in [4.78, 5) is 12.4. The lowest BCUT2D eigenvalue weighted by atomic mass is 9.93. The molecule has 0 amide bonds. The number of ether oxygens (including phenoxy) is 1. The predicted octanol–water partition coefficient (Wildman–Crippen LogP) is 3.49. The lowest BCUT2D eigenvalue weighted by molar-refractivity contribution is 0.0462. The van der Waals surface area contributed by atoms with Crippen molar-refractivity contribution in [2.75, 3.05) is 0 Å². The molecule has 22 heavy (non-hydrogen) atoms. The van der Waals surface area contributed by atoms with E-state index in [0.29, 0.717) is 5.69 Å². The number of fused-ring (bicyclic) bond motifs is 1. The van der Waals surface area contributed by atoms with Crippen LogP contribution in [0.2, 0.25) is 0 Å². The summed E-state index contributed by atoms with van der Waals surface area (Å²) in [7, 11) is 0. The molecule has 0 aliphatic heterocycles. The molecule has 114 valence electrons. The number of benzene rings is 1. The summed E-state index contributed by atoms with van der Waals surface area (Å²) in [5.74, 6) is -0.367. The van der Waals surface area contributed by atoms with Gasteiger partial charge in [0.05, 0.1) is 6.20 Å². The van der Waals surface area contributed by atoms with Crippen molar-refractivity contribution < 1.29 is 9.53 Å². The van der Waals surface area contributed by atoms with Crippen LogP contribution in [0.1, 0.15) is 52.9 Å². The molecule has 0 radical (unpaired) electrons. The van der Waals surface area contributed by atoms with Crippen LogP contribution in [0, 0.1) is 0 Å². The van der Waals surface area contributed by atoms with Gasteiger partial charge >= 0.3 is 5.97 Å². The van der Waals surface area contributed by atoms with Crippen LogP contribution in [0.25, 0.3) is 0 Å². The van der Waals surface area contributed by atoms with E-state index in [9.17, 15) is 4.79 Å². The summed E-state index contributed by atoms with van der Waals surface area (Å²) in [5.41, 5.74) is 3.56. The maximum absolute atomic E-state index is 12.4. The van der Waals surface area contributed by atoms with Gasteiger partial charge in [-0.2, -0.15) is 5.10 Å². The zero-order valence-corrected chi connectivity index (χ0v) is 12.6. The number of nitrogens with zero attached hydrogens (tertiary/aromatic N) is 2. The van der Waals surface area contributed by atoms with Gasteiger partial charge in [0.25, 0.3) is 0 Å². The van der Waals surface area contributed by atoms with Gasteiger partial charge in [-0.05, 0) is 42.4 Å². The molecule has 0 N–H and O–H groups in total. The van der Waals surface area contributed by atoms with Gasteiger partial charge in [0.2, 0.25) is 0 Å². The Bertz CT molecular complexity index is 641. The van der Waals surface area contributed by atoms with E-state index in [0.717, 1.165) is 42.4 Å². The Morgan fingerprint density at radius 1 is 1.05 bits per heavy atom. The Morgan fingerprint density at radius 3 is 2.64 bits per heavy atom. The molecular weight excluding hydrogens is 276 g/mol. The Balaban J connectivity index is 1.76. The SMILES string of the molecule is O=C(OCc1ccccc1)c1nncc2c1CCCCCC2. The van der Waals surface area contributed by atoms with Crippen LogP contribution < -0.4 is 0 Å². The van der Waals surface area contributed by atoms with Gasteiger partial charge in [-0.1, -0.05) is 43.2 Å². The lowest BCUT2D eigenvalue weighted by Gasteiger charge is -2.15. The number of aromatic nitrogens is 2. The average Bonchev–Trinajstić information content (AvgIpc) is 2.54. The molecule has 4 nitrogen and oxygen atoms in total. The van der Waals surface area contributed by atoms with E-state index in [-0.39, 0.29) is 12.6 Å². The topological polar surface area (TPSA) is 52.1 Å². The second-order valence-corrected chi connectivity index (χ2v) is 5.67. The monoisotopic (exact) mass is 296 g/mol. The Hall–Kier alpha value is -2.23. The molecule has 1 heterocycles. The van der Waals surface area contributed by atoms with Crippen LogP contribution in [-0.2, 0) is 24.2 Å². The maximum Gasteiger partial charge on any atom is 0.359 e. The van der Waals surface area contributed by atoms with Crippen LogP contribution >= 0.6 is 0 Å². The van der Waals surface area contributed by atoms with Gasteiger partial charge in [0.1, 0.15) is 6.61 Å². The van der Waals surface area contributed by atoms with Gasteiger partial charge in [-0.15, -0.1) is 5.10 Å². The second kappa shape index (κ2) is 7.16. The Labute approximate surface area is 130 Å². The van der Waals surface area contributed by atoms with E-state index in [1.807, 2.05) is 30.3 Å². The fraction of sp³-hybridized carbons (Fsp3) is 0.389. The molecule has 0 bridgehead atoms. The van der Waals surface area contributed by atoms with E-state index >= 15 is 0 Å². The predicted molar refractivity (Wildman–Crippen MR) is 83.5 cm³/mol. The molecule has 4 heteroatoms. The third-order valence-corrected chi connectivity index (χ3v) is 4.07. The standard InChI is InChI=1S/C18H20N2O2/c21-18(22-13-14-8-4-3-5-9-14)17-16-11-7-2-1-6-10-15(16)12-19-20-17/h3-5,8-9,12H,1-2,6-7,10-11,13H2. The minimum absolute atomic E-state index is 0.269. The van der Waals surface area contributed by atoms with Crippen molar-refractivity contribution in [3.63, 3.8) is 0 Å². The number of esters is 1. The molecule has 0 unspecified atom stereocenters. The summed E-state index contributed by atoms with van der Waals surface area (Å²) in [5, 5.41) is 8.05. The highest BCUT2D eigenvalue weighted by Crippen LogP contribution is 2.22. The van der Waals surface area contributed by atoms with E-state index < -0.39 is 0 Å². The zero-order chi connectivity index (χ0) is 15.2. The molecule has 3 rings (SSSR count). The van der Waals surface area contributed by atoms with Crippen LogP contribution in [-0.4, -0.2) is 16.2 Å². The minimum atomic E-state index is -0.367. The maximum atomic E-state index is 12.4. The summed E-state index contributed by atoms with van der Waals surface area (Å²) in [6.07, 6.45) is 8.36. The molecule has 2 aromatic rings. The minimum Gasteiger partial charge on any atom is -0.456 e. The first kappa shape index (κ1) is 14.7. The molecule has 0 fully saturated rings. The van der Waals surface area contributed by atoms with E-state index in [2.05, 4.69) is 10.2 Å². The largest absolute Gasteiger partial charge is 0.456 e. The van der Waals surface area contributed by atoms with Crippen LogP contribution in [0.5, 0.6) is 0 Å². The van der Waals surface area contributed by atoms with Crippen molar-refractivity contribution in [3.8, 4) is 0 Å². The highest BCUT2D eigenvalue weighted by molar-refractivity contribution is 5.89. The summed E-state index contributed by atoms with van der Waals surface area (Å²) >= 11 is 0. The molecule has 0 saturated heterocycles. The third kappa shape index (κ3) is 3.50. The van der Waals surface area contributed by atoms with E-state index in [4.69, 9.17) is 4.74 Å². The highest BCUT2D eigenvalue weighted by Gasteiger charge is 2.19. The first-order chi connectivity index (χ1) is 10.8. The Kier molecular flexibility index (Phi) is 4.78. The molecule has 0 spiro atoms. The highest BCUT2D eigenvalue weighted by atomic mass is 16.5. The van der Waals surface area contributed by atoms with E-state index in [1.54, 1.807) is 6.20 Å². The third-order valence-electron chi connectivity index (χ3n) is 4.07. The van der Waals surface area contributed by atoms with Gasteiger partial charge in [0, 0.05) is 0 Å². The summed E-state index contributed by atoms with van der Waals surface area (Å²) in [6.45, 7) is 0.269. The van der Waals surface area contributed by atoms with E-state index in [1.165, 1.54) is 12.8 Å². The number of aryl methyl sites for hydroxylation is 1. The van der Waals surface area contributed by atoms with Crippen LogP contribution in [0.4, 0.5) is 0 Å². The fourth-order valence-corrected chi connectivity index (χ4v) is 2.87. The van der Waals surface area contributed by atoms with Crippen molar-refractivity contribution in [2.24, 2.45) is 0 Å². The second-order valence-electron chi connectivity index (χ2n) is 5.67. The number of rotatable bonds is 3. The van der Waals surface area contributed by atoms with Gasteiger partial charge < -0.3 is 4.74 Å². The van der Waals surface area contributed by atoms with Crippen LogP contribution in [0.3, 0.4) is 0 Å². The normalized spacial score (nSPS) is 14.5. The number of hydrogen-bond donors (Lipinski definition) is 0. The Morgan fingerprint density at radius 2 is 1.82 bits per heavy atom. The smallest absolute Gasteiger partial charge is 0.359 e. The van der Waals surface area contributed by atoms with Crippen molar-refractivity contribution in [3.05, 3.63) is 58.9 Å². The van der Waals surface area contributed by atoms with Gasteiger partial charge in [-0.3, -0.25) is 0 Å². The molecule has 1 aromatic carbocycles. The molecule has 0 saturated carbocycles. The fourth-order valence-electron chi connectivity index (χ4n) is 2.87. The first-order valence-corrected chi connectivity index (χ1v) is 7.89. The van der Waals surface area contributed by atoms with Crippen molar-refractivity contribution in [1.82, 2.24) is 10.2 Å². The zero-order valence-electron chi connectivity index (χ0n) is 12.6. The van der Waals surface area contributed by atoms with Crippen molar-refractivity contribution >= 4 is 5.97 Å². The average molecular weight is 296 g/mol. The lowest BCUT2D eigenvalue weighted by Crippen LogP contribution is -2.15. The van der Waals surface area contributed by atoms with Gasteiger partial charge in [-0.25, -0.2) is 4.79 Å². The molecule has 1 aliphatic carbocycles. The first-order valence-electron chi connectivity index (χ1n) is 7.89. The molecular formula is C18H20N2O2. The number of hydrogen-bond acceptors (Lipinski definition) is 4. The van der Waals surface area contributed by atoms with Crippen molar-refractivity contribution in [1.29, 1.82) is 0 Å².